The number of nitrogens with zero attached hydrogens (tertiary/aromatic N) is 1. The van der Waals surface area contributed by atoms with Gasteiger partial charge in [0.15, 0.2) is 0 Å². The predicted molar refractivity (Wildman–Crippen MR) is 164 cm³/mol. The zero-order valence-corrected chi connectivity index (χ0v) is 23.2. The molecule has 0 bridgehead atoms. The maximum absolute atomic E-state index is 4.77. The normalized spacial score (nSPS) is 19.0. The first-order chi connectivity index (χ1) is 18.8. The van der Waals surface area contributed by atoms with E-state index in [2.05, 4.69) is 124 Å². The van der Waals surface area contributed by atoms with Crippen molar-refractivity contribution < 1.29 is 0 Å². The summed E-state index contributed by atoms with van der Waals surface area (Å²) < 4.78 is 0. The first-order valence-corrected chi connectivity index (χ1v) is 14.2. The van der Waals surface area contributed by atoms with E-state index in [0.717, 1.165) is 12.8 Å². The number of hydrogen-bond acceptors (Lipinski definition) is 1. The van der Waals surface area contributed by atoms with E-state index < -0.39 is 0 Å². The quantitative estimate of drug-likeness (QED) is 0.263. The van der Waals surface area contributed by atoms with E-state index >= 15 is 0 Å². The highest BCUT2D eigenvalue weighted by Gasteiger charge is 2.50. The largest absolute Gasteiger partial charge is 0.308 e. The lowest BCUT2D eigenvalue weighted by molar-refractivity contribution is 0.552. The summed E-state index contributed by atoms with van der Waals surface area (Å²) >= 11 is 0. The van der Waals surface area contributed by atoms with Crippen LogP contribution in [0.4, 0.5) is 11.4 Å². The maximum Gasteiger partial charge on any atom is 0.0581 e. The van der Waals surface area contributed by atoms with Crippen LogP contribution in [0.15, 0.2) is 114 Å². The van der Waals surface area contributed by atoms with Crippen LogP contribution in [0, 0.1) is 0 Å². The zero-order valence-electron chi connectivity index (χ0n) is 23.2. The molecule has 0 radical (unpaired) electrons. The van der Waals surface area contributed by atoms with Gasteiger partial charge in [0.25, 0.3) is 0 Å². The fourth-order valence-corrected chi connectivity index (χ4v) is 7.79. The van der Waals surface area contributed by atoms with Crippen molar-refractivity contribution in [3.8, 4) is 22.3 Å². The molecule has 0 fully saturated rings. The van der Waals surface area contributed by atoms with E-state index in [4.69, 9.17) is 6.58 Å². The second kappa shape index (κ2) is 7.51. The summed E-state index contributed by atoms with van der Waals surface area (Å²) in [6, 6.07) is 31.5. The van der Waals surface area contributed by atoms with Gasteiger partial charge in [-0.1, -0.05) is 113 Å². The van der Waals surface area contributed by atoms with Gasteiger partial charge >= 0.3 is 0 Å². The summed E-state index contributed by atoms with van der Waals surface area (Å²) in [4.78, 5) is 2.63. The third-order valence-electron chi connectivity index (χ3n) is 9.85. The second-order valence-electron chi connectivity index (χ2n) is 12.6. The zero-order chi connectivity index (χ0) is 26.7. The van der Waals surface area contributed by atoms with Crippen LogP contribution < -0.4 is 4.90 Å². The third kappa shape index (κ3) is 2.80. The van der Waals surface area contributed by atoms with Gasteiger partial charge in [-0.15, -0.1) is 0 Å². The standard InChI is InChI=1S/C38H33N/c1-23-26-17-11-18-30-34(26)39-35-29(23)21-25(28-16-10-9-15-27(28)24-13-7-6-8-14-24)22-33(35)38(4,5)32-20-12-19-31(36(32)39)37(30,2)3/h6-10,12-17,19-22H,1,11,18H2,2-5H3. The Labute approximate surface area is 231 Å². The van der Waals surface area contributed by atoms with Gasteiger partial charge in [-0.25, -0.2) is 0 Å². The molecule has 0 spiro atoms. The van der Waals surface area contributed by atoms with Crippen LogP contribution in [0.5, 0.6) is 0 Å². The number of para-hydroxylation sites is 1. The molecule has 4 aromatic rings. The van der Waals surface area contributed by atoms with Crippen LogP contribution in [0.3, 0.4) is 0 Å². The molecular weight excluding hydrogens is 470 g/mol. The molecular formula is C38H33N. The molecule has 1 aliphatic carbocycles. The molecule has 39 heavy (non-hydrogen) atoms. The summed E-state index contributed by atoms with van der Waals surface area (Å²) in [6.45, 7) is 14.4. The Kier molecular flexibility index (Phi) is 4.40. The van der Waals surface area contributed by atoms with Crippen molar-refractivity contribution in [1.29, 1.82) is 0 Å². The Morgan fingerprint density at radius 3 is 2.05 bits per heavy atom. The van der Waals surface area contributed by atoms with E-state index in [9.17, 15) is 0 Å². The summed E-state index contributed by atoms with van der Waals surface area (Å²) in [5.74, 6) is 0. The number of hydrogen-bond donors (Lipinski definition) is 0. The van der Waals surface area contributed by atoms with Crippen LogP contribution in [-0.4, -0.2) is 0 Å². The fourth-order valence-electron chi connectivity index (χ4n) is 7.79. The van der Waals surface area contributed by atoms with Crippen LogP contribution in [0.1, 0.15) is 62.8 Å². The lowest BCUT2D eigenvalue weighted by Crippen LogP contribution is -2.43. The van der Waals surface area contributed by atoms with Crippen molar-refractivity contribution in [3.63, 3.8) is 0 Å². The van der Waals surface area contributed by atoms with Crippen molar-refractivity contribution in [2.45, 2.75) is 51.4 Å². The number of anilines is 2. The summed E-state index contributed by atoms with van der Waals surface area (Å²) in [5, 5.41) is 0. The molecule has 1 heteroatoms. The Bertz CT molecular complexity index is 1810. The van der Waals surface area contributed by atoms with Crippen molar-refractivity contribution in [2.24, 2.45) is 0 Å². The molecule has 1 nitrogen and oxygen atoms in total. The highest BCUT2D eigenvalue weighted by Crippen LogP contribution is 2.64. The number of benzene rings is 4. The van der Waals surface area contributed by atoms with E-state index in [1.165, 1.54) is 72.7 Å². The molecule has 8 rings (SSSR count). The van der Waals surface area contributed by atoms with Crippen molar-refractivity contribution in [3.05, 3.63) is 137 Å². The molecule has 0 aromatic heterocycles. The van der Waals surface area contributed by atoms with Crippen molar-refractivity contribution >= 4 is 16.9 Å². The molecule has 3 aliphatic heterocycles. The third-order valence-corrected chi connectivity index (χ3v) is 9.85. The SMILES string of the molecule is C=C1C2=CCCC3=C2N2c4c1cc(-c1ccccc1-c1ccccc1)cc4C(C)(C)c1cccc(c12)C3(C)C. The Balaban J connectivity index is 1.48. The predicted octanol–water partition coefficient (Wildman–Crippen LogP) is 10.1. The Morgan fingerprint density at radius 2 is 1.31 bits per heavy atom. The maximum atomic E-state index is 4.77. The van der Waals surface area contributed by atoms with Crippen LogP contribution in [-0.2, 0) is 10.8 Å². The second-order valence-corrected chi connectivity index (χ2v) is 12.6. The molecule has 0 saturated carbocycles. The molecule has 4 aromatic carbocycles. The lowest BCUT2D eigenvalue weighted by atomic mass is 9.61. The molecule has 0 amide bonds. The van der Waals surface area contributed by atoms with E-state index in [-0.39, 0.29) is 10.8 Å². The molecule has 0 N–H and O–H groups in total. The van der Waals surface area contributed by atoms with Crippen molar-refractivity contribution in [2.75, 3.05) is 4.90 Å². The van der Waals surface area contributed by atoms with Gasteiger partial charge in [-0.05, 0) is 75.1 Å². The van der Waals surface area contributed by atoms with Crippen molar-refractivity contribution in [1.82, 2.24) is 0 Å². The van der Waals surface area contributed by atoms with Crippen LogP contribution in [0.25, 0.3) is 27.8 Å². The minimum absolute atomic E-state index is 0.00336. The van der Waals surface area contributed by atoms with E-state index in [1.807, 2.05) is 0 Å². The minimum atomic E-state index is -0.145. The highest BCUT2D eigenvalue weighted by molar-refractivity contribution is 6.05. The molecule has 0 unspecified atom stereocenters. The molecule has 0 atom stereocenters. The van der Waals surface area contributed by atoms with Gasteiger partial charge < -0.3 is 4.90 Å². The Morgan fingerprint density at radius 1 is 0.641 bits per heavy atom. The topological polar surface area (TPSA) is 3.24 Å². The van der Waals surface area contributed by atoms with Gasteiger partial charge in [0.2, 0.25) is 0 Å². The molecule has 0 saturated heterocycles. The first kappa shape index (κ1) is 22.8. The average molecular weight is 504 g/mol. The van der Waals surface area contributed by atoms with Gasteiger partial charge in [0.05, 0.1) is 17.1 Å². The van der Waals surface area contributed by atoms with Gasteiger partial charge in [-0.3, -0.25) is 0 Å². The minimum Gasteiger partial charge on any atom is -0.308 e. The molecule has 4 aliphatic rings. The summed E-state index contributed by atoms with van der Waals surface area (Å²) in [6.07, 6.45) is 4.62. The van der Waals surface area contributed by atoms with Gasteiger partial charge in [-0.2, -0.15) is 0 Å². The van der Waals surface area contributed by atoms with E-state index in [1.54, 1.807) is 5.57 Å². The van der Waals surface area contributed by atoms with Gasteiger partial charge in [0, 0.05) is 22.0 Å². The number of allylic oxidation sites excluding steroid dienone is 3. The van der Waals surface area contributed by atoms with Crippen LogP contribution >= 0.6 is 0 Å². The fraction of sp³-hybridized carbons (Fsp3) is 0.211. The Hall–Kier alpha value is -4.10. The highest BCUT2D eigenvalue weighted by atomic mass is 15.2. The average Bonchev–Trinajstić information content (AvgIpc) is 2.96. The van der Waals surface area contributed by atoms with E-state index in [0.29, 0.717) is 0 Å². The number of rotatable bonds is 2. The lowest BCUT2D eigenvalue weighted by Gasteiger charge is -2.54. The summed E-state index contributed by atoms with van der Waals surface area (Å²) in [5.41, 5.74) is 18.6. The smallest absolute Gasteiger partial charge is 0.0581 e. The first-order valence-electron chi connectivity index (χ1n) is 14.2. The molecule has 190 valence electrons. The summed E-state index contributed by atoms with van der Waals surface area (Å²) in [7, 11) is 0. The van der Waals surface area contributed by atoms with Gasteiger partial charge in [0.1, 0.15) is 0 Å². The molecule has 3 heterocycles. The monoisotopic (exact) mass is 503 g/mol. The van der Waals surface area contributed by atoms with Crippen LogP contribution in [0.2, 0.25) is 0 Å².